The normalized spacial score (nSPS) is 15.5. The summed E-state index contributed by atoms with van der Waals surface area (Å²) >= 11 is 0. The van der Waals surface area contributed by atoms with Crippen molar-refractivity contribution in [3.05, 3.63) is 107 Å². The molecule has 0 aromatic heterocycles. The summed E-state index contributed by atoms with van der Waals surface area (Å²) < 4.78 is 11.0. The summed E-state index contributed by atoms with van der Waals surface area (Å²) in [6, 6.07) is 25.4. The van der Waals surface area contributed by atoms with Crippen molar-refractivity contribution in [2.45, 2.75) is 57.8 Å². The van der Waals surface area contributed by atoms with Crippen molar-refractivity contribution in [2.24, 2.45) is 5.92 Å². The van der Waals surface area contributed by atoms with Gasteiger partial charge in [0.2, 0.25) is 5.60 Å². The number of carbonyl (C=O) groups is 3. The second kappa shape index (κ2) is 15.7. The predicted molar refractivity (Wildman–Crippen MR) is 172 cm³/mol. The molecule has 9 nitrogen and oxygen atoms in total. The number of carbonyl (C=O) groups excluding carboxylic acids is 3. The van der Waals surface area contributed by atoms with Crippen molar-refractivity contribution in [2.75, 3.05) is 32.8 Å². The van der Waals surface area contributed by atoms with E-state index < -0.39 is 23.3 Å². The van der Waals surface area contributed by atoms with E-state index in [1.165, 1.54) is 11.6 Å². The highest BCUT2D eigenvalue weighted by molar-refractivity contribution is 5.95. The van der Waals surface area contributed by atoms with Crippen molar-refractivity contribution in [1.82, 2.24) is 15.5 Å². The molecule has 1 saturated heterocycles. The number of likely N-dealkylation sites (tertiary alicyclic amines) is 1. The third-order valence-corrected chi connectivity index (χ3v) is 7.74. The molecule has 1 aliphatic heterocycles. The zero-order valence-electron chi connectivity index (χ0n) is 26.5. The summed E-state index contributed by atoms with van der Waals surface area (Å²) in [5.74, 6) is -0.936. The van der Waals surface area contributed by atoms with Crippen LogP contribution in [-0.4, -0.2) is 66.4 Å². The molecule has 1 heterocycles. The second-order valence-corrected chi connectivity index (χ2v) is 12.5. The molecule has 1 aliphatic rings. The van der Waals surface area contributed by atoms with Crippen molar-refractivity contribution < 1.29 is 29.0 Å². The maximum Gasteiger partial charge on any atom is 0.407 e. The highest BCUT2D eigenvalue weighted by Crippen LogP contribution is 2.32. The smallest absolute Gasteiger partial charge is 0.407 e. The van der Waals surface area contributed by atoms with Gasteiger partial charge in [0, 0.05) is 30.8 Å². The Morgan fingerprint density at radius 1 is 0.844 bits per heavy atom. The minimum Gasteiger partial charge on any atom is -0.463 e. The van der Waals surface area contributed by atoms with Gasteiger partial charge in [-0.3, -0.25) is 9.69 Å². The molecule has 9 heteroatoms. The van der Waals surface area contributed by atoms with Gasteiger partial charge in [0.05, 0.1) is 6.61 Å². The maximum atomic E-state index is 13.7. The number of ether oxygens (including phenoxy) is 2. The molecule has 0 aliphatic carbocycles. The van der Waals surface area contributed by atoms with E-state index in [-0.39, 0.29) is 24.0 Å². The van der Waals surface area contributed by atoms with E-state index in [4.69, 9.17) is 9.47 Å². The first kappa shape index (κ1) is 33.7. The van der Waals surface area contributed by atoms with Gasteiger partial charge in [-0.2, -0.15) is 0 Å². The van der Waals surface area contributed by atoms with Gasteiger partial charge in [-0.25, -0.2) is 9.59 Å². The average molecular weight is 616 g/mol. The standard InChI is InChI=1S/C36H45N3O6/c1-35(2,3)45-34(42)38-21-11-20-37-32(40)29-14-10-17-31(24-29)36(43,30-15-8-5-9-16-30)33(41)44-26-28-18-22-39(23-19-28)25-27-12-6-4-7-13-27/h4-10,12-17,24,28,43H,11,18-23,25-26H2,1-3H3,(H,37,40)(H,38,42). The van der Waals surface area contributed by atoms with Gasteiger partial charge < -0.3 is 25.2 Å². The first-order chi connectivity index (χ1) is 21.5. The summed E-state index contributed by atoms with van der Waals surface area (Å²) in [6.45, 7) is 8.94. The number of alkyl carbamates (subject to hydrolysis) is 1. The Hall–Kier alpha value is -4.21. The molecule has 0 spiro atoms. The number of benzene rings is 3. The number of esters is 1. The van der Waals surface area contributed by atoms with Gasteiger partial charge in [0.25, 0.3) is 5.91 Å². The molecule has 0 saturated carbocycles. The predicted octanol–water partition coefficient (Wildman–Crippen LogP) is 5.02. The summed E-state index contributed by atoms with van der Waals surface area (Å²) in [7, 11) is 0. The third kappa shape index (κ3) is 9.89. The fourth-order valence-corrected chi connectivity index (χ4v) is 5.32. The van der Waals surface area contributed by atoms with E-state index in [1.54, 1.807) is 69.3 Å². The lowest BCUT2D eigenvalue weighted by Gasteiger charge is -2.33. The summed E-state index contributed by atoms with van der Waals surface area (Å²) in [6.07, 6.45) is 1.78. The monoisotopic (exact) mass is 615 g/mol. The number of rotatable bonds is 12. The van der Waals surface area contributed by atoms with Crippen LogP contribution < -0.4 is 10.6 Å². The number of nitrogens with zero attached hydrogens (tertiary/aromatic N) is 1. The van der Waals surface area contributed by atoms with Gasteiger partial charge in [0.1, 0.15) is 5.60 Å². The SMILES string of the molecule is CC(C)(C)OC(=O)NCCCNC(=O)c1cccc(C(O)(C(=O)OCC2CCN(Cc3ccccc3)CC2)c2ccccc2)c1. The molecule has 0 radical (unpaired) electrons. The Morgan fingerprint density at radius 2 is 1.47 bits per heavy atom. The van der Waals surface area contributed by atoms with Crippen LogP contribution in [0.25, 0.3) is 0 Å². The van der Waals surface area contributed by atoms with Crippen LogP contribution in [0.15, 0.2) is 84.9 Å². The Bertz CT molecular complexity index is 1400. The quantitative estimate of drug-likeness (QED) is 0.193. The van der Waals surface area contributed by atoms with Gasteiger partial charge >= 0.3 is 12.1 Å². The Balaban J connectivity index is 1.35. The Kier molecular flexibility index (Phi) is 11.7. The van der Waals surface area contributed by atoms with Crippen LogP contribution in [0, 0.1) is 5.92 Å². The topological polar surface area (TPSA) is 117 Å². The summed E-state index contributed by atoms with van der Waals surface area (Å²) in [4.78, 5) is 40.8. The van der Waals surface area contributed by atoms with Crippen LogP contribution in [0.2, 0.25) is 0 Å². The van der Waals surface area contributed by atoms with Crippen LogP contribution in [0.1, 0.15) is 67.1 Å². The maximum absolute atomic E-state index is 13.7. The van der Waals surface area contributed by atoms with Crippen molar-refractivity contribution in [1.29, 1.82) is 0 Å². The molecule has 3 N–H and O–H groups in total. The lowest BCUT2D eigenvalue weighted by Crippen LogP contribution is -2.41. The van der Waals surface area contributed by atoms with E-state index >= 15 is 0 Å². The molecule has 3 aromatic rings. The van der Waals surface area contributed by atoms with Crippen molar-refractivity contribution >= 4 is 18.0 Å². The van der Waals surface area contributed by atoms with Crippen LogP contribution in [0.3, 0.4) is 0 Å². The highest BCUT2D eigenvalue weighted by Gasteiger charge is 2.42. The van der Waals surface area contributed by atoms with Crippen molar-refractivity contribution in [3.63, 3.8) is 0 Å². The number of hydrogen-bond acceptors (Lipinski definition) is 7. The van der Waals surface area contributed by atoms with E-state index in [2.05, 4.69) is 27.7 Å². The van der Waals surface area contributed by atoms with Crippen LogP contribution in [-0.2, 0) is 26.4 Å². The van der Waals surface area contributed by atoms with Crippen LogP contribution >= 0.6 is 0 Å². The lowest BCUT2D eigenvalue weighted by atomic mass is 9.85. The molecular weight excluding hydrogens is 570 g/mol. The zero-order chi connectivity index (χ0) is 32.3. The minimum atomic E-state index is -2.09. The van der Waals surface area contributed by atoms with E-state index in [0.29, 0.717) is 30.6 Å². The Labute approximate surface area is 265 Å². The molecule has 2 amide bonds. The number of nitrogens with one attached hydrogen (secondary N) is 2. The van der Waals surface area contributed by atoms with Gasteiger partial charge in [-0.15, -0.1) is 0 Å². The van der Waals surface area contributed by atoms with E-state index in [0.717, 1.165) is 32.5 Å². The number of amides is 2. The minimum absolute atomic E-state index is 0.197. The first-order valence-electron chi connectivity index (χ1n) is 15.6. The number of hydrogen-bond donors (Lipinski definition) is 3. The average Bonchev–Trinajstić information content (AvgIpc) is 3.03. The largest absolute Gasteiger partial charge is 0.463 e. The van der Waals surface area contributed by atoms with E-state index in [9.17, 15) is 19.5 Å². The zero-order valence-corrected chi connectivity index (χ0v) is 26.5. The van der Waals surface area contributed by atoms with Gasteiger partial charge in [-0.05, 0) is 82.3 Å². The Morgan fingerprint density at radius 3 is 2.13 bits per heavy atom. The first-order valence-corrected chi connectivity index (χ1v) is 15.6. The van der Waals surface area contributed by atoms with Gasteiger partial charge in [-0.1, -0.05) is 72.8 Å². The molecule has 4 rings (SSSR count). The molecule has 3 aromatic carbocycles. The van der Waals surface area contributed by atoms with Gasteiger partial charge in [0.15, 0.2) is 0 Å². The lowest BCUT2D eigenvalue weighted by molar-refractivity contribution is -0.164. The molecule has 240 valence electrons. The summed E-state index contributed by atoms with van der Waals surface area (Å²) in [5, 5.41) is 17.5. The van der Waals surface area contributed by atoms with Crippen LogP contribution in [0.5, 0.6) is 0 Å². The van der Waals surface area contributed by atoms with Crippen molar-refractivity contribution in [3.8, 4) is 0 Å². The number of aliphatic hydroxyl groups is 1. The molecule has 1 unspecified atom stereocenters. The number of piperidine rings is 1. The molecular formula is C36H45N3O6. The second-order valence-electron chi connectivity index (χ2n) is 12.5. The molecule has 1 fully saturated rings. The fourth-order valence-electron chi connectivity index (χ4n) is 5.32. The molecule has 0 bridgehead atoms. The fraction of sp³-hybridized carbons (Fsp3) is 0.417. The molecule has 45 heavy (non-hydrogen) atoms. The van der Waals surface area contributed by atoms with E-state index in [1.807, 2.05) is 18.2 Å². The highest BCUT2D eigenvalue weighted by atomic mass is 16.6. The van der Waals surface area contributed by atoms with Crippen LogP contribution in [0.4, 0.5) is 4.79 Å². The third-order valence-electron chi connectivity index (χ3n) is 7.74. The summed E-state index contributed by atoms with van der Waals surface area (Å²) in [5.41, 5.74) is -0.503. The molecule has 1 atom stereocenters.